The van der Waals surface area contributed by atoms with Crippen LogP contribution in [0.3, 0.4) is 0 Å². The Balaban J connectivity index is 1.72. The van der Waals surface area contributed by atoms with Gasteiger partial charge in [0.25, 0.3) is 0 Å². The molecule has 0 spiro atoms. The van der Waals surface area contributed by atoms with Gasteiger partial charge in [-0.25, -0.2) is 9.37 Å². The Kier molecular flexibility index (Phi) is 5.19. The molecule has 104 valence electrons. The summed E-state index contributed by atoms with van der Waals surface area (Å²) in [7, 11) is 0. The van der Waals surface area contributed by atoms with E-state index in [0.717, 1.165) is 29.9 Å². The van der Waals surface area contributed by atoms with Crippen LogP contribution in [0.1, 0.15) is 45.4 Å². The first-order chi connectivity index (χ1) is 9.29. The van der Waals surface area contributed by atoms with Crippen molar-refractivity contribution < 1.29 is 4.39 Å². The number of fused-ring (bicyclic) bond motifs is 1. The van der Waals surface area contributed by atoms with Crippen LogP contribution in [-0.2, 0) is 0 Å². The summed E-state index contributed by atoms with van der Waals surface area (Å²) >= 11 is 0. The van der Waals surface area contributed by atoms with E-state index in [2.05, 4.69) is 22.2 Å². The van der Waals surface area contributed by atoms with Gasteiger partial charge in [0.1, 0.15) is 5.82 Å². The van der Waals surface area contributed by atoms with Crippen molar-refractivity contribution in [1.82, 2.24) is 9.97 Å². The summed E-state index contributed by atoms with van der Waals surface area (Å²) in [6, 6.07) is 4.59. The lowest BCUT2D eigenvalue weighted by Crippen LogP contribution is -2.02. The van der Waals surface area contributed by atoms with E-state index in [9.17, 15) is 4.39 Å². The lowest BCUT2D eigenvalue weighted by atomic mass is 10.1. The monoisotopic (exact) mass is 263 g/mol. The summed E-state index contributed by atoms with van der Waals surface area (Å²) in [5.41, 5.74) is 1.54. The van der Waals surface area contributed by atoms with Gasteiger partial charge in [-0.05, 0) is 24.6 Å². The summed E-state index contributed by atoms with van der Waals surface area (Å²) in [5.74, 6) is 0.493. The minimum absolute atomic E-state index is 0.237. The average molecular weight is 263 g/mol. The Labute approximate surface area is 113 Å². The van der Waals surface area contributed by atoms with Crippen molar-refractivity contribution in [2.75, 3.05) is 11.9 Å². The molecule has 2 rings (SSSR count). The first kappa shape index (κ1) is 13.8. The summed E-state index contributed by atoms with van der Waals surface area (Å²) in [6.07, 6.45) is 7.66. The molecule has 0 aliphatic rings. The molecule has 1 aromatic carbocycles. The Morgan fingerprint density at radius 1 is 1.16 bits per heavy atom. The molecule has 19 heavy (non-hydrogen) atoms. The van der Waals surface area contributed by atoms with Crippen LogP contribution in [-0.4, -0.2) is 16.5 Å². The third-order valence-corrected chi connectivity index (χ3v) is 3.27. The maximum absolute atomic E-state index is 13.0. The molecule has 0 fully saturated rings. The van der Waals surface area contributed by atoms with Crippen molar-refractivity contribution >= 4 is 17.0 Å². The average Bonchev–Trinajstić information content (AvgIpc) is 2.79. The van der Waals surface area contributed by atoms with Gasteiger partial charge in [0, 0.05) is 6.54 Å². The summed E-state index contributed by atoms with van der Waals surface area (Å²) in [4.78, 5) is 7.45. The Morgan fingerprint density at radius 3 is 2.79 bits per heavy atom. The Morgan fingerprint density at radius 2 is 1.95 bits per heavy atom. The normalized spacial score (nSPS) is 11.1. The van der Waals surface area contributed by atoms with Gasteiger partial charge in [0.2, 0.25) is 5.95 Å². The van der Waals surface area contributed by atoms with Crippen LogP contribution >= 0.6 is 0 Å². The maximum Gasteiger partial charge on any atom is 0.201 e. The molecule has 2 N–H and O–H groups in total. The van der Waals surface area contributed by atoms with Crippen LogP contribution < -0.4 is 5.32 Å². The third kappa shape index (κ3) is 4.23. The van der Waals surface area contributed by atoms with Gasteiger partial charge >= 0.3 is 0 Å². The van der Waals surface area contributed by atoms with Crippen molar-refractivity contribution in [3.63, 3.8) is 0 Å². The molecule has 1 heterocycles. The predicted octanol–water partition coefficient (Wildman–Crippen LogP) is 4.47. The fourth-order valence-corrected chi connectivity index (χ4v) is 2.18. The van der Waals surface area contributed by atoms with Gasteiger partial charge < -0.3 is 10.3 Å². The fraction of sp³-hybridized carbons (Fsp3) is 0.533. The van der Waals surface area contributed by atoms with Crippen molar-refractivity contribution in [2.45, 2.75) is 45.4 Å². The van der Waals surface area contributed by atoms with Crippen LogP contribution in [0.15, 0.2) is 18.2 Å². The lowest BCUT2D eigenvalue weighted by Gasteiger charge is -2.02. The highest BCUT2D eigenvalue weighted by Crippen LogP contribution is 2.15. The smallest absolute Gasteiger partial charge is 0.201 e. The lowest BCUT2D eigenvalue weighted by molar-refractivity contribution is 0.616. The van der Waals surface area contributed by atoms with Crippen molar-refractivity contribution in [1.29, 1.82) is 0 Å². The number of halogens is 1. The molecular formula is C15H22FN3. The summed E-state index contributed by atoms with van der Waals surface area (Å²) in [5, 5.41) is 3.26. The van der Waals surface area contributed by atoms with E-state index in [1.54, 1.807) is 6.07 Å². The molecule has 0 saturated carbocycles. The van der Waals surface area contributed by atoms with Gasteiger partial charge in [-0.1, -0.05) is 39.0 Å². The highest BCUT2D eigenvalue weighted by Gasteiger charge is 2.02. The quantitative estimate of drug-likeness (QED) is 0.690. The first-order valence-electron chi connectivity index (χ1n) is 7.18. The molecule has 0 unspecified atom stereocenters. The van der Waals surface area contributed by atoms with Crippen molar-refractivity contribution in [2.24, 2.45) is 0 Å². The highest BCUT2D eigenvalue weighted by molar-refractivity contribution is 5.77. The molecule has 0 aliphatic carbocycles. The molecule has 0 radical (unpaired) electrons. The Hall–Kier alpha value is -1.58. The molecule has 0 aliphatic heterocycles. The SMILES string of the molecule is CCCCCCCCNc1nc2ccc(F)cc2[nH]1. The zero-order chi connectivity index (χ0) is 13.5. The second-order valence-corrected chi connectivity index (χ2v) is 4.94. The number of imidazole rings is 1. The van der Waals surface area contributed by atoms with E-state index < -0.39 is 0 Å². The summed E-state index contributed by atoms with van der Waals surface area (Å²) in [6.45, 7) is 3.14. The fourth-order valence-electron chi connectivity index (χ4n) is 2.18. The van der Waals surface area contributed by atoms with Crippen LogP contribution in [0.2, 0.25) is 0 Å². The molecular weight excluding hydrogens is 241 g/mol. The molecule has 3 nitrogen and oxygen atoms in total. The highest BCUT2D eigenvalue weighted by atomic mass is 19.1. The molecule has 0 amide bonds. The van der Waals surface area contributed by atoms with Gasteiger partial charge in [0.05, 0.1) is 11.0 Å². The minimum atomic E-state index is -0.237. The second kappa shape index (κ2) is 7.12. The predicted molar refractivity (Wildman–Crippen MR) is 77.9 cm³/mol. The third-order valence-electron chi connectivity index (χ3n) is 3.27. The largest absolute Gasteiger partial charge is 0.356 e. The number of H-pyrrole nitrogens is 1. The van der Waals surface area contributed by atoms with Gasteiger partial charge in [-0.15, -0.1) is 0 Å². The number of benzene rings is 1. The van der Waals surface area contributed by atoms with E-state index in [1.165, 1.54) is 44.2 Å². The van der Waals surface area contributed by atoms with Gasteiger partial charge in [-0.3, -0.25) is 0 Å². The van der Waals surface area contributed by atoms with Gasteiger partial charge in [-0.2, -0.15) is 0 Å². The van der Waals surface area contributed by atoms with E-state index in [0.29, 0.717) is 0 Å². The number of hydrogen-bond acceptors (Lipinski definition) is 2. The number of aromatic nitrogens is 2. The number of aromatic amines is 1. The van der Waals surface area contributed by atoms with Crippen molar-refractivity contribution in [3.8, 4) is 0 Å². The van der Waals surface area contributed by atoms with Crippen LogP contribution in [0, 0.1) is 5.82 Å². The number of rotatable bonds is 8. The van der Waals surface area contributed by atoms with Crippen LogP contribution in [0.5, 0.6) is 0 Å². The molecule has 0 saturated heterocycles. The van der Waals surface area contributed by atoms with Gasteiger partial charge in [0.15, 0.2) is 0 Å². The molecule has 1 aromatic heterocycles. The van der Waals surface area contributed by atoms with Crippen LogP contribution in [0.25, 0.3) is 11.0 Å². The molecule has 4 heteroatoms. The molecule has 0 atom stereocenters. The second-order valence-electron chi connectivity index (χ2n) is 4.94. The molecule has 2 aromatic rings. The number of nitrogens with one attached hydrogen (secondary N) is 2. The van der Waals surface area contributed by atoms with E-state index in [1.807, 2.05) is 0 Å². The van der Waals surface area contributed by atoms with Crippen molar-refractivity contribution in [3.05, 3.63) is 24.0 Å². The zero-order valence-electron chi connectivity index (χ0n) is 11.5. The number of unbranched alkanes of at least 4 members (excludes halogenated alkanes) is 5. The van der Waals surface area contributed by atoms with E-state index in [-0.39, 0.29) is 5.82 Å². The van der Waals surface area contributed by atoms with Crippen LogP contribution in [0.4, 0.5) is 10.3 Å². The standard InChI is InChI=1S/C15H22FN3/c1-2-3-4-5-6-7-10-17-15-18-13-9-8-12(16)11-14(13)19-15/h8-9,11H,2-7,10H2,1H3,(H2,17,18,19). The van der Waals surface area contributed by atoms with E-state index in [4.69, 9.17) is 0 Å². The number of nitrogens with zero attached hydrogens (tertiary/aromatic N) is 1. The minimum Gasteiger partial charge on any atom is -0.356 e. The first-order valence-corrected chi connectivity index (χ1v) is 7.18. The number of anilines is 1. The number of hydrogen-bond donors (Lipinski definition) is 2. The Bertz CT molecular complexity index is 507. The zero-order valence-corrected chi connectivity index (χ0v) is 11.5. The topological polar surface area (TPSA) is 40.7 Å². The summed E-state index contributed by atoms with van der Waals surface area (Å²) < 4.78 is 13.0. The maximum atomic E-state index is 13.0. The van der Waals surface area contributed by atoms with E-state index >= 15 is 0 Å². The molecule has 0 bridgehead atoms.